The standard InChI is InChI=1S/C36H40Cl2IN3O3/c1-2-3-31(35(43)41-20-18-40(19-21-41)23-25-4-5-25)42-33(26-8-12-28(37)13-9-26)34(27-10-14-29(38)15-11-27)45-32(36(42)44)22-24-6-16-30(39)17-7-24/h6-17,25,31-34H,2-5,18-23H2,1H3/t31-,32+,33-,34+/m1/s1. The maximum absolute atomic E-state index is 14.7. The number of rotatable bonds is 10. The summed E-state index contributed by atoms with van der Waals surface area (Å²) in [5.74, 6) is 0.693. The van der Waals surface area contributed by atoms with Crippen molar-refractivity contribution in [2.24, 2.45) is 5.92 Å². The van der Waals surface area contributed by atoms with E-state index in [-0.39, 0.29) is 11.8 Å². The van der Waals surface area contributed by atoms with Gasteiger partial charge in [0.2, 0.25) is 5.91 Å². The summed E-state index contributed by atoms with van der Waals surface area (Å²) >= 11 is 14.9. The van der Waals surface area contributed by atoms with Gasteiger partial charge in [-0.25, -0.2) is 0 Å². The molecule has 2 amide bonds. The molecule has 2 heterocycles. The van der Waals surface area contributed by atoms with Crippen molar-refractivity contribution in [1.29, 1.82) is 0 Å². The van der Waals surface area contributed by atoms with Crippen LogP contribution in [0.2, 0.25) is 10.0 Å². The van der Waals surface area contributed by atoms with Crippen LogP contribution in [-0.2, 0) is 20.7 Å². The van der Waals surface area contributed by atoms with Gasteiger partial charge in [0, 0.05) is 52.8 Å². The second-order valence-electron chi connectivity index (χ2n) is 12.5. The number of carbonyl (C=O) groups excluding carboxylic acids is 2. The number of amides is 2. The van der Waals surface area contributed by atoms with Crippen molar-refractivity contribution in [3.63, 3.8) is 0 Å². The van der Waals surface area contributed by atoms with Crippen LogP contribution in [0.4, 0.5) is 0 Å². The van der Waals surface area contributed by atoms with E-state index >= 15 is 0 Å². The fraction of sp³-hybridized carbons (Fsp3) is 0.444. The minimum Gasteiger partial charge on any atom is -0.358 e. The molecule has 1 aliphatic carbocycles. The Bertz CT molecular complexity index is 1460. The second kappa shape index (κ2) is 14.7. The highest BCUT2D eigenvalue weighted by Gasteiger charge is 2.49. The average Bonchev–Trinajstić information content (AvgIpc) is 3.87. The summed E-state index contributed by atoms with van der Waals surface area (Å²) in [7, 11) is 0. The second-order valence-corrected chi connectivity index (χ2v) is 14.7. The molecule has 0 aromatic heterocycles. The smallest absolute Gasteiger partial charge is 0.253 e. The van der Waals surface area contributed by atoms with Crippen molar-refractivity contribution in [3.8, 4) is 0 Å². The molecule has 1 saturated carbocycles. The Morgan fingerprint density at radius 2 is 1.49 bits per heavy atom. The van der Waals surface area contributed by atoms with Crippen LogP contribution in [0.1, 0.15) is 61.4 Å². The fourth-order valence-electron chi connectivity index (χ4n) is 6.67. The molecule has 0 unspecified atom stereocenters. The molecule has 3 aromatic rings. The molecule has 2 aliphatic heterocycles. The molecular weight excluding hydrogens is 720 g/mol. The lowest BCUT2D eigenvalue weighted by molar-refractivity contribution is -0.183. The van der Waals surface area contributed by atoms with Gasteiger partial charge >= 0.3 is 0 Å². The number of hydrogen-bond acceptors (Lipinski definition) is 4. The molecule has 9 heteroatoms. The van der Waals surface area contributed by atoms with Crippen LogP contribution in [0.5, 0.6) is 0 Å². The molecule has 4 atom stereocenters. The van der Waals surface area contributed by atoms with Crippen LogP contribution >= 0.6 is 45.8 Å². The van der Waals surface area contributed by atoms with E-state index in [2.05, 4.69) is 34.4 Å². The normalized spacial score (nSPS) is 23.3. The number of piperazine rings is 1. The lowest BCUT2D eigenvalue weighted by Gasteiger charge is -2.49. The topological polar surface area (TPSA) is 53.1 Å². The fourth-order valence-corrected chi connectivity index (χ4v) is 7.28. The minimum absolute atomic E-state index is 0.0278. The summed E-state index contributed by atoms with van der Waals surface area (Å²) in [6.45, 7) is 6.33. The predicted octanol–water partition coefficient (Wildman–Crippen LogP) is 7.57. The van der Waals surface area contributed by atoms with Gasteiger partial charge in [0.25, 0.3) is 5.91 Å². The Balaban J connectivity index is 1.38. The highest BCUT2D eigenvalue weighted by Crippen LogP contribution is 2.45. The maximum atomic E-state index is 14.7. The van der Waals surface area contributed by atoms with E-state index in [1.54, 1.807) is 0 Å². The van der Waals surface area contributed by atoms with E-state index < -0.39 is 24.3 Å². The van der Waals surface area contributed by atoms with Gasteiger partial charge in [-0.05, 0) is 101 Å². The van der Waals surface area contributed by atoms with Crippen molar-refractivity contribution in [1.82, 2.24) is 14.7 Å². The van der Waals surface area contributed by atoms with Gasteiger partial charge in [-0.1, -0.05) is 72.9 Å². The highest BCUT2D eigenvalue weighted by atomic mass is 127. The van der Waals surface area contributed by atoms with Crippen LogP contribution in [0.3, 0.4) is 0 Å². The molecule has 0 radical (unpaired) electrons. The minimum atomic E-state index is -0.753. The van der Waals surface area contributed by atoms with Crippen LogP contribution < -0.4 is 0 Å². The molecule has 6 rings (SSSR count). The predicted molar refractivity (Wildman–Crippen MR) is 187 cm³/mol. The van der Waals surface area contributed by atoms with Gasteiger partial charge in [0.15, 0.2) is 0 Å². The first kappa shape index (κ1) is 32.8. The van der Waals surface area contributed by atoms with E-state index in [0.717, 1.165) is 52.2 Å². The largest absolute Gasteiger partial charge is 0.358 e. The zero-order valence-electron chi connectivity index (χ0n) is 25.6. The van der Waals surface area contributed by atoms with Crippen molar-refractivity contribution in [2.75, 3.05) is 32.7 Å². The number of nitrogens with zero attached hydrogens (tertiary/aromatic N) is 3. The van der Waals surface area contributed by atoms with Crippen molar-refractivity contribution in [2.45, 2.75) is 63.3 Å². The SMILES string of the molecule is CCC[C@H](C(=O)N1CCN(CC2CC2)CC1)N1C(=O)[C@H](Cc2ccc(I)cc2)O[C@@H](c2ccc(Cl)cc2)[C@H]1c1ccc(Cl)cc1. The molecule has 3 aliphatic rings. The summed E-state index contributed by atoms with van der Waals surface area (Å²) in [6.07, 6.45) is 3.12. The Morgan fingerprint density at radius 3 is 2.07 bits per heavy atom. The lowest BCUT2D eigenvalue weighted by atomic mass is 9.88. The molecule has 3 fully saturated rings. The summed E-state index contributed by atoms with van der Waals surface area (Å²) in [4.78, 5) is 35.6. The van der Waals surface area contributed by atoms with E-state index in [1.165, 1.54) is 12.8 Å². The van der Waals surface area contributed by atoms with E-state index in [1.807, 2.05) is 82.6 Å². The van der Waals surface area contributed by atoms with Gasteiger partial charge in [0.05, 0.1) is 6.04 Å². The van der Waals surface area contributed by atoms with Gasteiger partial charge in [-0.3, -0.25) is 14.5 Å². The third-order valence-corrected chi connectivity index (χ3v) is 10.5. The van der Waals surface area contributed by atoms with Crippen LogP contribution in [0.15, 0.2) is 72.8 Å². The molecule has 3 aromatic carbocycles. The van der Waals surface area contributed by atoms with Crippen molar-refractivity contribution >= 4 is 57.6 Å². The monoisotopic (exact) mass is 759 g/mol. The summed E-state index contributed by atoms with van der Waals surface area (Å²) in [5.41, 5.74) is 2.79. The Labute approximate surface area is 290 Å². The molecule has 45 heavy (non-hydrogen) atoms. The van der Waals surface area contributed by atoms with Crippen LogP contribution in [-0.4, -0.2) is 71.4 Å². The van der Waals surface area contributed by atoms with Gasteiger partial charge in [-0.15, -0.1) is 0 Å². The molecule has 0 N–H and O–H groups in total. The van der Waals surface area contributed by atoms with E-state index in [0.29, 0.717) is 36.0 Å². The van der Waals surface area contributed by atoms with Gasteiger partial charge in [0.1, 0.15) is 18.2 Å². The molecular formula is C36H40Cl2IN3O3. The summed E-state index contributed by atoms with van der Waals surface area (Å²) in [5, 5.41) is 1.24. The molecule has 2 saturated heterocycles. The van der Waals surface area contributed by atoms with Gasteiger partial charge in [-0.2, -0.15) is 0 Å². The van der Waals surface area contributed by atoms with E-state index in [9.17, 15) is 9.59 Å². The number of hydrogen-bond donors (Lipinski definition) is 0. The van der Waals surface area contributed by atoms with Crippen LogP contribution in [0.25, 0.3) is 0 Å². The van der Waals surface area contributed by atoms with Crippen molar-refractivity contribution < 1.29 is 14.3 Å². The third-order valence-electron chi connectivity index (χ3n) is 9.25. The number of carbonyl (C=O) groups is 2. The summed E-state index contributed by atoms with van der Waals surface area (Å²) < 4.78 is 7.92. The molecule has 6 nitrogen and oxygen atoms in total. The third kappa shape index (κ3) is 7.87. The number of morpholine rings is 1. The number of halogens is 3. The Morgan fingerprint density at radius 1 is 0.889 bits per heavy atom. The average molecular weight is 761 g/mol. The van der Waals surface area contributed by atoms with Crippen LogP contribution in [0, 0.1) is 9.49 Å². The first-order valence-corrected chi connectivity index (χ1v) is 17.9. The maximum Gasteiger partial charge on any atom is 0.253 e. The first-order chi connectivity index (χ1) is 21.8. The number of ether oxygens (including phenoxy) is 1. The Kier molecular flexibility index (Phi) is 10.7. The summed E-state index contributed by atoms with van der Waals surface area (Å²) in [6, 6.07) is 22.2. The lowest BCUT2D eigenvalue weighted by Crippen LogP contribution is -2.61. The quantitative estimate of drug-likeness (QED) is 0.200. The molecule has 0 bridgehead atoms. The zero-order chi connectivity index (χ0) is 31.5. The Hall–Kier alpha value is -2.17. The zero-order valence-corrected chi connectivity index (χ0v) is 29.3. The number of benzene rings is 3. The van der Waals surface area contributed by atoms with E-state index in [4.69, 9.17) is 27.9 Å². The molecule has 238 valence electrons. The van der Waals surface area contributed by atoms with Crippen molar-refractivity contribution in [3.05, 3.63) is 103 Å². The molecule has 0 spiro atoms. The van der Waals surface area contributed by atoms with Gasteiger partial charge < -0.3 is 14.5 Å². The first-order valence-electron chi connectivity index (χ1n) is 16.0. The highest BCUT2D eigenvalue weighted by molar-refractivity contribution is 14.1.